The molecule has 2 heterocycles. The standard InChI is InChI=1S/C9H8N3S/c1-6-3-7(2)10-4-8(6)9-5-13-12-11-9/h3-4H,1-2H3. The van der Waals surface area contributed by atoms with E-state index in [0.29, 0.717) is 0 Å². The Kier molecular flexibility index (Phi) is 2.06. The third-order valence-electron chi connectivity index (χ3n) is 1.83. The van der Waals surface area contributed by atoms with E-state index in [1.165, 1.54) is 11.5 Å². The Morgan fingerprint density at radius 2 is 2.23 bits per heavy atom. The van der Waals surface area contributed by atoms with Gasteiger partial charge in [-0.3, -0.25) is 4.98 Å². The largest absolute Gasteiger partial charge is 0.261 e. The van der Waals surface area contributed by atoms with Crippen molar-refractivity contribution in [3.8, 4) is 11.3 Å². The van der Waals surface area contributed by atoms with E-state index in [2.05, 4.69) is 20.0 Å². The van der Waals surface area contributed by atoms with Crippen LogP contribution in [0.4, 0.5) is 0 Å². The van der Waals surface area contributed by atoms with Crippen LogP contribution >= 0.6 is 11.5 Å². The summed E-state index contributed by atoms with van der Waals surface area (Å²) in [7, 11) is 0. The van der Waals surface area contributed by atoms with Gasteiger partial charge in [-0.25, -0.2) is 0 Å². The van der Waals surface area contributed by atoms with Gasteiger partial charge in [0.15, 0.2) is 0 Å². The highest BCUT2D eigenvalue weighted by atomic mass is 32.1. The highest BCUT2D eigenvalue weighted by Gasteiger charge is 2.05. The second-order valence-electron chi connectivity index (χ2n) is 2.86. The Morgan fingerprint density at radius 3 is 2.85 bits per heavy atom. The molecule has 0 atom stereocenters. The summed E-state index contributed by atoms with van der Waals surface area (Å²) in [6.45, 7) is 4.01. The van der Waals surface area contributed by atoms with Crippen molar-refractivity contribution >= 4 is 11.5 Å². The highest BCUT2D eigenvalue weighted by molar-refractivity contribution is 7.03. The maximum atomic E-state index is 4.21. The van der Waals surface area contributed by atoms with E-state index in [0.717, 1.165) is 22.5 Å². The molecular formula is C9H8N3S. The Morgan fingerprint density at radius 1 is 1.38 bits per heavy atom. The summed E-state index contributed by atoms with van der Waals surface area (Å²) < 4.78 is 3.77. The van der Waals surface area contributed by atoms with Crippen molar-refractivity contribution in [2.75, 3.05) is 0 Å². The lowest BCUT2D eigenvalue weighted by atomic mass is 10.1. The van der Waals surface area contributed by atoms with Gasteiger partial charge in [0.1, 0.15) is 5.69 Å². The van der Waals surface area contributed by atoms with Crippen LogP contribution in [0.3, 0.4) is 0 Å². The van der Waals surface area contributed by atoms with Gasteiger partial charge in [0.25, 0.3) is 0 Å². The minimum absolute atomic E-state index is 0.787. The average Bonchev–Trinajstić information content (AvgIpc) is 2.56. The summed E-state index contributed by atoms with van der Waals surface area (Å²) >= 11 is 1.23. The molecule has 0 spiro atoms. The molecule has 0 bridgehead atoms. The summed E-state index contributed by atoms with van der Waals surface area (Å²) in [4.78, 5) is 4.21. The first-order valence-electron chi connectivity index (χ1n) is 3.91. The first-order chi connectivity index (χ1) is 6.27. The third kappa shape index (κ3) is 1.58. The highest BCUT2D eigenvalue weighted by Crippen LogP contribution is 2.20. The molecule has 0 saturated carbocycles. The van der Waals surface area contributed by atoms with Crippen molar-refractivity contribution in [3.63, 3.8) is 0 Å². The molecule has 0 N–H and O–H groups in total. The van der Waals surface area contributed by atoms with Crippen molar-refractivity contribution in [3.05, 3.63) is 28.9 Å². The van der Waals surface area contributed by atoms with Crippen LogP contribution in [-0.4, -0.2) is 14.6 Å². The zero-order chi connectivity index (χ0) is 9.26. The quantitative estimate of drug-likeness (QED) is 0.690. The molecule has 13 heavy (non-hydrogen) atoms. The van der Waals surface area contributed by atoms with Crippen LogP contribution in [0.25, 0.3) is 11.3 Å². The third-order valence-corrected chi connectivity index (χ3v) is 2.27. The number of hydrogen-bond acceptors (Lipinski definition) is 4. The lowest BCUT2D eigenvalue weighted by Gasteiger charge is -2.01. The van der Waals surface area contributed by atoms with Crippen LogP contribution in [-0.2, 0) is 0 Å². The van der Waals surface area contributed by atoms with E-state index in [4.69, 9.17) is 0 Å². The fourth-order valence-electron chi connectivity index (χ4n) is 1.20. The maximum absolute atomic E-state index is 4.21. The van der Waals surface area contributed by atoms with E-state index in [-0.39, 0.29) is 0 Å². The van der Waals surface area contributed by atoms with Gasteiger partial charge in [0.05, 0.1) is 5.38 Å². The predicted molar refractivity (Wildman–Crippen MR) is 51.5 cm³/mol. The van der Waals surface area contributed by atoms with Gasteiger partial charge < -0.3 is 0 Å². The molecule has 0 aliphatic heterocycles. The Balaban J connectivity index is 2.53. The molecule has 0 amide bonds. The van der Waals surface area contributed by atoms with Crippen LogP contribution in [0.1, 0.15) is 11.3 Å². The van der Waals surface area contributed by atoms with Gasteiger partial charge >= 0.3 is 0 Å². The summed E-state index contributed by atoms with van der Waals surface area (Å²) in [5, 5.41) is 6.94. The summed E-state index contributed by atoms with van der Waals surface area (Å²) in [6.07, 6.45) is 1.82. The second-order valence-corrected chi connectivity index (χ2v) is 3.41. The molecule has 2 aromatic heterocycles. The number of hydrogen-bond donors (Lipinski definition) is 0. The zero-order valence-electron chi connectivity index (χ0n) is 7.40. The van der Waals surface area contributed by atoms with Crippen molar-refractivity contribution in [1.82, 2.24) is 14.6 Å². The van der Waals surface area contributed by atoms with Crippen molar-refractivity contribution in [2.24, 2.45) is 0 Å². The molecule has 0 unspecified atom stereocenters. The van der Waals surface area contributed by atoms with E-state index in [9.17, 15) is 0 Å². The SMILES string of the molecule is Cc1cc(C)c(-c2[c]snn2)cn1. The van der Waals surface area contributed by atoms with Crippen LogP contribution in [0.15, 0.2) is 12.3 Å². The molecule has 4 heteroatoms. The molecule has 0 aliphatic rings. The van der Waals surface area contributed by atoms with Crippen LogP contribution in [0.2, 0.25) is 0 Å². The molecular weight excluding hydrogens is 182 g/mol. The summed E-state index contributed by atoms with van der Waals surface area (Å²) in [5.41, 5.74) is 3.98. The number of aryl methyl sites for hydroxylation is 2. The zero-order valence-corrected chi connectivity index (χ0v) is 8.22. The van der Waals surface area contributed by atoms with E-state index >= 15 is 0 Å². The maximum Gasteiger partial charge on any atom is 0.116 e. The van der Waals surface area contributed by atoms with E-state index in [1.54, 1.807) is 0 Å². The van der Waals surface area contributed by atoms with Gasteiger partial charge in [0, 0.05) is 17.5 Å². The lowest BCUT2D eigenvalue weighted by Crippen LogP contribution is -1.88. The number of rotatable bonds is 1. The minimum Gasteiger partial charge on any atom is -0.261 e. The predicted octanol–water partition coefficient (Wildman–Crippen LogP) is 2.02. The minimum atomic E-state index is 0.787. The topological polar surface area (TPSA) is 38.7 Å². The Hall–Kier alpha value is -1.29. The summed E-state index contributed by atoms with van der Waals surface area (Å²) in [5.74, 6) is 0. The summed E-state index contributed by atoms with van der Waals surface area (Å²) in [6, 6.07) is 2.03. The molecule has 2 rings (SSSR count). The molecule has 1 radical (unpaired) electrons. The Labute approximate surface area is 80.6 Å². The Bertz CT molecular complexity index is 409. The van der Waals surface area contributed by atoms with Gasteiger partial charge in [-0.15, -0.1) is 5.10 Å². The van der Waals surface area contributed by atoms with Gasteiger partial charge in [-0.2, -0.15) is 0 Å². The number of aromatic nitrogens is 3. The van der Waals surface area contributed by atoms with Crippen molar-refractivity contribution in [2.45, 2.75) is 13.8 Å². The normalized spacial score (nSPS) is 10.3. The van der Waals surface area contributed by atoms with Crippen molar-refractivity contribution in [1.29, 1.82) is 0 Å². The molecule has 0 fully saturated rings. The van der Waals surface area contributed by atoms with Crippen LogP contribution in [0.5, 0.6) is 0 Å². The van der Waals surface area contributed by atoms with Gasteiger partial charge in [-0.1, -0.05) is 4.49 Å². The molecule has 65 valence electrons. The average molecular weight is 190 g/mol. The molecule has 0 saturated heterocycles. The van der Waals surface area contributed by atoms with Crippen LogP contribution in [0, 0.1) is 19.2 Å². The number of pyridine rings is 1. The monoisotopic (exact) mass is 190 g/mol. The smallest absolute Gasteiger partial charge is 0.116 e. The van der Waals surface area contributed by atoms with Gasteiger partial charge in [0.2, 0.25) is 0 Å². The van der Waals surface area contributed by atoms with Crippen LogP contribution < -0.4 is 0 Å². The van der Waals surface area contributed by atoms with E-state index in [1.807, 2.05) is 26.1 Å². The first-order valence-corrected chi connectivity index (χ1v) is 4.68. The fraction of sp³-hybridized carbons (Fsp3) is 0.222. The van der Waals surface area contributed by atoms with E-state index < -0.39 is 0 Å². The molecule has 0 aromatic carbocycles. The van der Waals surface area contributed by atoms with Crippen molar-refractivity contribution < 1.29 is 0 Å². The lowest BCUT2D eigenvalue weighted by molar-refractivity contribution is 1.13. The molecule has 0 aliphatic carbocycles. The first kappa shape index (κ1) is 8.31. The molecule has 3 nitrogen and oxygen atoms in total. The van der Waals surface area contributed by atoms with Gasteiger partial charge in [-0.05, 0) is 37.0 Å². The second kappa shape index (κ2) is 3.22. The number of nitrogens with zero attached hydrogens (tertiary/aromatic N) is 3. The molecule has 2 aromatic rings. The fourth-order valence-corrected chi connectivity index (χ4v) is 1.60.